The van der Waals surface area contributed by atoms with Crippen molar-refractivity contribution in [3.05, 3.63) is 23.7 Å². The molecule has 2 heterocycles. The van der Waals surface area contributed by atoms with Crippen LogP contribution in [0.5, 0.6) is 0 Å². The van der Waals surface area contributed by atoms with E-state index < -0.39 is 0 Å². The Balaban J connectivity index is 1.97. The fourth-order valence-corrected chi connectivity index (χ4v) is 2.45. The second-order valence-corrected chi connectivity index (χ2v) is 4.66. The van der Waals surface area contributed by atoms with Gasteiger partial charge in [-0.2, -0.15) is 0 Å². The largest absolute Gasteiger partial charge is 0.422 e. The van der Waals surface area contributed by atoms with E-state index in [9.17, 15) is 0 Å². The monoisotopic (exact) mass is 216 g/mol. The maximum Gasteiger partial charge on any atom is 0.247 e. The summed E-state index contributed by atoms with van der Waals surface area (Å²) >= 11 is 0. The second kappa shape index (κ2) is 3.89. The molecule has 3 heteroatoms. The molecule has 0 aliphatic heterocycles. The van der Waals surface area contributed by atoms with Crippen molar-refractivity contribution in [2.75, 3.05) is 0 Å². The van der Waals surface area contributed by atoms with Gasteiger partial charge in [-0.3, -0.25) is 0 Å². The van der Waals surface area contributed by atoms with Crippen molar-refractivity contribution in [3.63, 3.8) is 0 Å². The molecule has 3 nitrogen and oxygen atoms in total. The van der Waals surface area contributed by atoms with E-state index >= 15 is 0 Å². The van der Waals surface area contributed by atoms with Crippen LogP contribution in [0.2, 0.25) is 0 Å². The number of aromatic nitrogens is 2. The van der Waals surface area contributed by atoms with Crippen LogP contribution in [-0.4, -0.2) is 9.97 Å². The number of rotatable bonds is 1. The van der Waals surface area contributed by atoms with Crippen molar-refractivity contribution in [3.8, 4) is 0 Å². The molecular formula is C13H16N2O. The van der Waals surface area contributed by atoms with Crippen LogP contribution >= 0.6 is 0 Å². The first kappa shape index (κ1) is 9.82. The average Bonchev–Trinajstić information content (AvgIpc) is 2.73. The van der Waals surface area contributed by atoms with Gasteiger partial charge in [0.15, 0.2) is 0 Å². The Morgan fingerprint density at radius 1 is 1.12 bits per heavy atom. The second-order valence-electron chi connectivity index (χ2n) is 4.66. The maximum absolute atomic E-state index is 5.77. The summed E-state index contributed by atoms with van der Waals surface area (Å²) in [5, 5.41) is 0. The van der Waals surface area contributed by atoms with E-state index in [1.54, 1.807) is 0 Å². The van der Waals surface area contributed by atoms with Crippen LogP contribution in [0.3, 0.4) is 0 Å². The average molecular weight is 216 g/mol. The lowest BCUT2D eigenvalue weighted by Gasteiger charge is -2.17. The van der Waals surface area contributed by atoms with Crippen molar-refractivity contribution in [1.29, 1.82) is 0 Å². The lowest BCUT2D eigenvalue weighted by molar-refractivity contribution is 0.371. The van der Waals surface area contributed by atoms with Crippen LogP contribution < -0.4 is 0 Å². The van der Waals surface area contributed by atoms with Crippen molar-refractivity contribution >= 4 is 11.2 Å². The molecule has 3 rings (SSSR count). The lowest BCUT2D eigenvalue weighted by atomic mass is 9.89. The number of nitrogens with zero attached hydrogens (tertiary/aromatic N) is 2. The fourth-order valence-electron chi connectivity index (χ4n) is 2.45. The van der Waals surface area contributed by atoms with Gasteiger partial charge in [0.2, 0.25) is 11.6 Å². The Morgan fingerprint density at radius 2 is 1.94 bits per heavy atom. The molecular weight excluding hydrogens is 200 g/mol. The third-order valence-electron chi connectivity index (χ3n) is 3.37. The van der Waals surface area contributed by atoms with Gasteiger partial charge in [0, 0.05) is 11.6 Å². The van der Waals surface area contributed by atoms with Crippen LogP contribution in [0.25, 0.3) is 11.2 Å². The van der Waals surface area contributed by atoms with Gasteiger partial charge in [-0.05, 0) is 31.9 Å². The molecule has 84 valence electrons. The van der Waals surface area contributed by atoms with Crippen molar-refractivity contribution in [1.82, 2.24) is 9.97 Å². The summed E-state index contributed by atoms with van der Waals surface area (Å²) in [4.78, 5) is 8.91. The summed E-state index contributed by atoms with van der Waals surface area (Å²) in [6.07, 6.45) is 6.39. The summed E-state index contributed by atoms with van der Waals surface area (Å²) < 4.78 is 5.77. The normalized spacial score (nSPS) is 18.1. The minimum atomic E-state index is 0.517. The molecule has 0 bridgehead atoms. The topological polar surface area (TPSA) is 38.9 Å². The van der Waals surface area contributed by atoms with Gasteiger partial charge in [-0.1, -0.05) is 19.3 Å². The third-order valence-corrected chi connectivity index (χ3v) is 3.37. The Labute approximate surface area is 94.9 Å². The highest BCUT2D eigenvalue weighted by Crippen LogP contribution is 2.33. The van der Waals surface area contributed by atoms with Crippen molar-refractivity contribution in [2.45, 2.75) is 44.9 Å². The van der Waals surface area contributed by atoms with E-state index in [4.69, 9.17) is 4.42 Å². The van der Waals surface area contributed by atoms with Crippen LogP contribution in [0.1, 0.15) is 49.6 Å². The standard InChI is InChI=1S/C13H16N2O/c1-9-7-8-11-13(14-9)16-12(15-11)10-5-3-2-4-6-10/h7-8,10H,2-6H2,1H3. The molecule has 0 radical (unpaired) electrons. The molecule has 1 saturated carbocycles. The van der Waals surface area contributed by atoms with Gasteiger partial charge in [-0.15, -0.1) is 0 Å². The van der Waals surface area contributed by atoms with Crippen LogP contribution in [0.4, 0.5) is 0 Å². The van der Waals surface area contributed by atoms with E-state index in [1.165, 1.54) is 32.1 Å². The minimum Gasteiger partial charge on any atom is -0.422 e. The molecule has 1 aliphatic rings. The zero-order valence-corrected chi connectivity index (χ0v) is 9.57. The van der Waals surface area contributed by atoms with E-state index in [0.29, 0.717) is 11.6 Å². The molecule has 16 heavy (non-hydrogen) atoms. The predicted octanol–water partition coefficient (Wildman–Crippen LogP) is 3.58. The molecule has 0 spiro atoms. The van der Waals surface area contributed by atoms with Crippen LogP contribution in [0, 0.1) is 6.92 Å². The van der Waals surface area contributed by atoms with E-state index in [2.05, 4.69) is 9.97 Å². The predicted molar refractivity (Wildman–Crippen MR) is 62.4 cm³/mol. The fraction of sp³-hybridized carbons (Fsp3) is 0.538. The number of fused-ring (bicyclic) bond motifs is 1. The SMILES string of the molecule is Cc1ccc2nc(C3CCCCC3)oc2n1. The zero-order chi connectivity index (χ0) is 11.0. The summed E-state index contributed by atoms with van der Waals surface area (Å²) in [6.45, 7) is 1.97. The maximum atomic E-state index is 5.77. The highest BCUT2D eigenvalue weighted by Gasteiger charge is 2.21. The van der Waals surface area contributed by atoms with Crippen LogP contribution in [-0.2, 0) is 0 Å². The Kier molecular flexibility index (Phi) is 2.39. The molecule has 0 N–H and O–H groups in total. The molecule has 0 unspecified atom stereocenters. The van der Waals surface area contributed by atoms with Crippen molar-refractivity contribution < 1.29 is 4.42 Å². The quantitative estimate of drug-likeness (QED) is 0.731. The highest BCUT2D eigenvalue weighted by molar-refractivity contribution is 5.68. The molecule has 1 fully saturated rings. The van der Waals surface area contributed by atoms with E-state index in [0.717, 1.165) is 17.1 Å². The molecule has 2 aromatic heterocycles. The molecule has 0 amide bonds. The number of hydrogen-bond acceptors (Lipinski definition) is 3. The minimum absolute atomic E-state index is 0.517. The van der Waals surface area contributed by atoms with Gasteiger partial charge in [0.05, 0.1) is 0 Å². The third kappa shape index (κ3) is 1.70. The first-order valence-electron chi connectivity index (χ1n) is 6.07. The smallest absolute Gasteiger partial charge is 0.247 e. The summed E-state index contributed by atoms with van der Waals surface area (Å²) in [5.74, 6) is 1.41. The molecule has 0 aromatic carbocycles. The molecule has 0 atom stereocenters. The number of hydrogen-bond donors (Lipinski definition) is 0. The van der Waals surface area contributed by atoms with Crippen LogP contribution in [0.15, 0.2) is 16.5 Å². The zero-order valence-electron chi connectivity index (χ0n) is 9.57. The van der Waals surface area contributed by atoms with Gasteiger partial charge in [0.25, 0.3) is 0 Å². The Hall–Kier alpha value is -1.38. The molecule has 2 aromatic rings. The molecule has 1 aliphatic carbocycles. The summed E-state index contributed by atoms with van der Waals surface area (Å²) in [6, 6.07) is 3.98. The highest BCUT2D eigenvalue weighted by atomic mass is 16.4. The van der Waals surface area contributed by atoms with E-state index in [-0.39, 0.29) is 0 Å². The van der Waals surface area contributed by atoms with E-state index in [1.807, 2.05) is 19.1 Å². The molecule has 0 saturated heterocycles. The van der Waals surface area contributed by atoms with Gasteiger partial charge in [0.1, 0.15) is 5.52 Å². The number of aryl methyl sites for hydroxylation is 1. The lowest BCUT2D eigenvalue weighted by Crippen LogP contribution is -2.04. The Morgan fingerprint density at radius 3 is 2.75 bits per heavy atom. The summed E-state index contributed by atoms with van der Waals surface area (Å²) in [7, 11) is 0. The van der Waals surface area contributed by atoms with Gasteiger partial charge >= 0.3 is 0 Å². The first-order chi connectivity index (χ1) is 7.83. The summed E-state index contributed by atoms with van der Waals surface area (Å²) in [5.41, 5.74) is 2.57. The van der Waals surface area contributed by atoms with Gasteiger partial charge < -0.3 is 4.42 Å². The number of pyridine rings is 1. The first-order valence-corrected chi connectivity index (χ1v) is 6.07. The van der Waals surface area contributed by atoms with Gasteiger partial charge in [-0.25, -0.2) is 9.97 Å². The number of oxazole rings is 1. The Bertz CT molecular complexity index is 498. The van der Waals surface area contributed by atoms with Crippen molar-refractivity contribution in [2.24, 2.45) is 0 Å².